The zero-order chi connectivity index (χ0) is 35.9. The van der Waals surface area contributed by atoms with Crippen molar-refractivity contribution >= 4 is 30.2 Å². The molecular weight excluding hydrogens is 703 g/mol. The summed E-state index contributed by atoms with van der Waals surface area (Å²) in [6.45, 7) is 3.59. The molecule has 9 nitrogen and oxygen atoms in total. The highest BCUT2D eigenvalue weighted by Crippen LogP contribution is 2.38. The number of rotatable bonds is 10. The minimum Gasteiger partial charge on any atom is -0.450 e. The molecule has 1 aliphatic rings. The van der Waals surface area contributed by atoms with Gasteiger partial charge in [0.25, 0.3) is 5.95 Å². The Morgan fingerprint density at radius 3 is 1.94 bits per heavy atom. The molecule has 0 radical (unpaired) electrons. The Morgan fingerprint density at radius 2 is 1.47 bits per heavy atom. The van der Waals surface area contributed by atoms with Gasteiger partial charge in [0.1, 0.15) is 5.75 Å². The monoisotopic (exact) mass is 736 g/mol. The van der Waals surface area contributed by atoms with Crippen molar-refractivity contribution in [3.8, 4) is 5.75 Å². The molecule has 1 aromatic heterocycles. The van der Waals surface area contributed by atoms with E-state index in [0.717, 1.165) is 38.2 Å². The number of hydrogen-bond donors (Lipinski definition) is 2. The van der Waals surface area contributed by atoms with E-state index in [1.165, 1.54) is 24.0 Å². The normalized spacial score (nSPS) is 13.9. The molecule has 0 aliphatic heterocycles. The van der Waals surface area contributed by atoms with Crippen LogP contribution in [-0.4, -0.2) is 46.0 Å². The molecule has 274 valence electrons. The van der Waals surface area contributed by atoms with E-state index in [2.05, 4.69) is 14.9 Å². The van der Waals surface area contributed by atoms with Crippen LogP contribution in [0.1, 0.15) is 67.2 Å². The maximum atomic E-state index is 13.6. The summed E-state index contributed by atoms with van der Waals surface area (Å²) in [4.78, 5) is 15.9. The number of ether oxygens (including phenoxy) is 1. The summed E-state index contributed by atoms with van der Waals surface area (Å²) >= 11 is 0. The number of anilines is 2. The van der Waals surface area contributed by atoms with Gasteiger partial charge in [-0.25, -0.2) is 4.79 Å². The van der Waals surface area contributed by atoms with E-state index in [4.69, 9.17) is 19.5 Å². The number of alkyl halides is 9. The molecule has 3 aromatic rings. The van der Waals surface area contributed by atoms with Crippen LogP contribution >= 0.6 is 12.4 Å². The Hall–Kier alpha value is -4.09. The average Bonchev–Trinajstić information content (AvgIpc) is 3.40. The third-order valence-corrected chi connectivity index (χ3v) is 7.39. The van der Waals surface area contributed by atoms with Crippen molar-refractivity contribution in [3.63, 3.8) is 0 Å². The van der Waals surface area contributed by atoms with Crippen LogP contribution in [0.15, 0.2) is 40.9 Å². The molecule has 0 saturated heterocycles. The molecule has 2 N–H and O–H groups in total. The van der Waals surface area contributed by atoms with E-state index in [1.807, 2.05) is 11.8 Å². The second kappa shape index (κ2) is 17.0. The van der Waals surface area contributed by atoms with Crippen molar-refractivity contribution in [2.45, 2.75) is 77.8 Å². The predicted molar refractivity (Wildman–Crippen MR) is 161 cm³/mol. The number of carboxylic acid groups (broad SMARTS) is 2. The van der Waals surface area contributed by atoms with Crippen molar-refractivity contribution in [3.05, 3.63) is 64.5 Å². The second-order valence-electron chi connectivity index (χ2n) is 11.0. The van der Waals surface area contributed by atoms with Crippen LogP contribution in [0.4, 0.5) is 55.9 Å². The summed E-state index contributed by atoms with van der Waals surface area (Å²) in [6.07, 6.45) is -11.7. The van der Waals surface area contributed by atoms with Crippen LogP contribution in [0.3, 0.4) is 0 Å². The fourth-order valence-corrected chi connectivity index (χ4v) is 5.42. The van der Waals surface area contributed by atoms with E-state index < -0.39 is 48.3 Å². The van der Waals surface area contributed by atoms with Crippen LogP contribution in [0.2, 0.25) is 0 Å². The van der Waals surface area contributed by atoms with Crippen LogP contribution in [-0.2, 0) is 25.4 Å². The van der Waals surface area contributed by atoms with Crippen LogP contribution < -0.4 is 14.5 Å². The third-order valence-electron chi connectivity index (χ3n) is 7.39. The van der Waals surface area contributed by atoms with Gasteiger partial charge in [0.05, 0.1) is 11.1 Å². The standard InChI is InChI=1S/C29H31F9N4O2.CH2O3.ClH/c1-3-41(15-19-7-5-4-6-8-19)25-10-9-24(43-29(36,37)38)13-21(25)17-42(26-39-18(2)44-40-26)16-20-11-22(27(30,31)32)14-23(12-20)28(33,34)35;2-1(3)4;/h9-14,19H,3-8,15-17H2,1-2H3;(H2,2,3,4);1H. The van der Waals surface area contributed by atoms with E-state index in [0.29, 0.717) is 36.8 Å². The molecule has 0 unspecified atom stereocenters. The SMILES string of the molecule is CCN(CC1CCCCC1)c1ccc(OC(F)(F)F)cc1CN(Cc1cc(C(F)(F)F)cc(C(F)(F)F)c1)c1noc(C)n1.Cl.O=C(O)O. The molecular formula is C30H34ClF9N4O5. The molecule has 1 fully saturated rings. The van der Waals surface area contributed by atoms with Gasteiger partial charge in [-0.15, -0.1) is 25.6 Å². The zero-order valence-corrected chi connectivity index (χ0v) is 26.9. The molecule has 49 heavy (non-hydrogen) atoms. The van der Waals surface area contributed by atoms with E-state index >= 15 is 0 Å². The van der Waals surface area contributed by atoms with Gasteiger partial charge < -0.3 is 29.3 Å². The molecule has 0 atom stereocenters. The van der Waals surface area contributed by atoms with E-state index in [9.17, 15) is 39.5 Å². The highest BCUT2D eigenvalue weighted by molar-refractivity contribution is 5.85. The van der Waals surface area contributed by atoms with Gasteiger partial charge in [0.2, 0.25) is 5.89 Å². The van der Waals surface area contributed by atoms with Gasteiger partial charge in [-0.1, -0.05) is 19.3 Å². The first-order chi connectivity index (χ1) is 22.2. The van der Waals surface area contributed by atoms with Crippen molar-refractivity contribution in [2.75, 3.05) is 22.9 Å². The van der Waals surface area contributed by atoms with Crippen molar-refractivity contribution in [1.82, 2.24) is 10.1 Å². The Labute approximate surface area is 281 Å². The van der Waals surface area contributed by atoms with Crippen LogP contribution in [0.5, 0.6) is 5.75 Å². The molecule has 2 aromatic carbocycles. The van der Waals surface area contributed by atoms with Gasteiger partial charge in [-0.3, -0.25) is 0 Å². The minimum atomic E-state index is -5.07. The number of benzene rings is 2. The lowest BCUT2D eigenvalue weighted by atomic mass is 9.88. The number of carbonyl (C=O) groups is 1. The molecule has 1 heterocycles. The fourth-order valence-electron chi connectivity index (χ4n) is 5.42. The quantitative estimate of drug-likeness (QED) is 0.197. The highest BCUT2D eigenvalue weighted by Gasteiger charge is 2.37. The first-order valence-corrected chi connectivity index (χ1v) is 14.6. The van der Waals surface area contributed by atoms with Crippen molar-refractivity contribution in [1.29, 1.82) is 0 Å². The van der Waals surface area contributed by atoms with Crippen LogP contribution in [0, 0.1) is 12.8 Å². The zero-order valence-electron chi connectivity index (χ0n) is 26.1. The minimum absolute atomic E-state index is 0. The molecule has 4 rings (SSSR count). The molecule has 0 bridgehead atoms. The van der Waals surface area contributed by atoms with Gasteiger partial charge in [-0.05, 0) is 78.4 Å². The van der Waals surface area contributed by atoms with E-state index in [1.54, 1.807) is 0 Å². The van der Waals surface area contributed by atoms with Gasteiger partial charge in [0, 0.05) is 38.8 Å². The smallest absolute Gasteiger partial charge is 0.450 e. The summed E-state index contributed by atoms with van der Waals surface area (Å²) in [5, 5.41) is 17.7. The first kappa shape index (κ1) is 41.1. The van der Waals surface area contributed by atoms with Crippen molar-refractivity contribution in [2.24, 2.45) is 5.92 Å². The number of halogens is 10. The molecule has 0 amide bonds. The fraction of sp³-hybridized carbons (Fsp3) is 0.500. The summed E-state index contributed by atoms with van der Waals surface area (Å²) in [7, 11) is 0. The largest absolute Gasteiger partial charge is 0.573 e. The highest BCUT2D eigenvalue weighted by atomic mass is 35.5. The maximum absolute atomic E-state index is 13.6. The van der Waals surface area contributed by atoms with E-state index in [-0.39, 0.29) is 48.0 Å². The number of nitrogens with zero attached hydrogens (tertiary/aromatic N) is 4. The number of aryl methyl sites for hydroxylation is 1. The lowest BCUT2D eigenvalue weighted by Crippen LogP contribution is -2.32. The summed E-state index contributed by atoms with van der Waals surface area (Å²) in [5.41, 5.74) is -2.56. The molecule has 1 saturated carbocycles. The molecule has 0 spiro atoms. The Balaban J connectivity index is 0.00000158. The first-order valence-electron chi connectivity index (χ1n) is 14.6. The third kappa shape index (κ3) is 13.0. The lowest BCUT2D eigenvalue weighted by Gasteiger charge is -2.33. The Kier molecular flexibility index (Phi) is 14.3. The van der Waals surface area contributed by atoms with Crippen LogP contribution in [0.25, 0.3) is 0 Å². The number of hydrogen-bond acceptors (Lipinski definition) is 7. The van der Waals surface area contributed by atoms with Gasteiger partial charge in [0.15, 0.2) is 0 Å². The maximum Gasteiger partial charge on any atom is 0.573 e. The summed E-state index contributed by atoms with van der Waals surface area (Å²) < 4.78 is 130. The molecule has 19 heteroatoms. The van der Waals surface area contributed by atoms with Gasteiger partial charge >= 0.3 is 24.9 Å². The Bertz CT molecular complexity index is 1470. The van der Waals surface area contributed by atoms with Crippen molar-refractivity contribution < 1.29 is 63.8 Å². The Morgan fingerprint density at radius 1 is 0.898 bits per heavy atom. The topological polar surface area (TPSA) is 112 Å². The number of aromatic nitrogens is 2. The van der Waals surface area contributed by atoms with Gasteiger partial charge in [-0.2, -0.15) is 31.3 Å². The molecule has 1 aliphatic carbocycles. The average molecular weight is 737 g/mol. The summed E-state index contributed by atoms with van der Waals surface area (Å²) in [6, 6.07) is 4.98. The predicted octanol–water partition coefficient (Wildman–Crippen LogP) is 9.57. The summed E-state index contributed by atoms with van der Waals surface area (Å²) in [5.74, 6) is -0.291. The lowest BCUT2D eigenvalue weighted by molar-refractivity contribution is -0.274. The second-order valence-corrected chi connectivity index (χ2v) is 11.0.